The van der Waals surface area contributed by atoms with Crippen molar-refractivity contribution in [3.63, 3.8) is 0 Å². The molecule has 4 fully saturated rings. The Labute approximate surface area is 204 Å². The van der Waals surface area contributed by atoms with Crippen LogP contribution in [0.3, 0.4) is 0 Å². The third-order valence-corrected chi connectivity index (χ3v) is 8.13. The van der Waals surface area contributed by atoms with Crippen LogP contribution in [0.15, 0.2) is 24.7 Å². The number of amides is 1. The lowest BCUT2D eigenvalue weighted by atomic mass is 9.78. The average Bonchev–Trinajstić information content (AvgIpc) is 3.45. The van der Waals surface area contributed by atoms with Gasteiger partial charge in [-0.15, -0.1) is 0 Å². The van der Waals surface area contributed by atoms with Crippen molar-refractivity contribution in [3.05, 3.63) is 30.5 Å². The fourth-order valence-electron chi connectivity index (χ4n) is 6.13. The lowest BCUT2D eigenvalue weighted by Crippen LogP contribution is -2.58. The second-order valence-corrected chi connectivity index (χ2v) is 10.4. The highest BCUT2D eigenvalue weighted by molar-refractivity contribution is 5.75. The van der Waals surface area contributed by atoms with Crippen LogP contribution in [-0.4, -0.2) is 95.8 Å². The molecule has 1 amide bonds. The maximum atomic E-state index is 14.2. The molecule has 2 aromatic heterocycles. The molecule has 6 rings (SSSR count). The van der Waals surface area contributed by atoms with Crippen LogP contribution in [0.1, 0.15) is 32.2 Å². The molecule has 1 aliphatic carbocycles. The third-order valence-electron chi connectivity index (χ3n) is 8.13. The molecule has 10 heteroatoms. The molecule has 35 heavy (non-hydrogen) atoms. The molecule has 2 aromatic rings. The zero-order valence-corrected chi connectivity index (χ0v) is 20.2. The maximum absolute atomic E-state index is 14.2. The van der Waals surface area contributed by atoms with Crippen LogP contribution in [-0.2, 0) is 9.47 Å². The number of anilines is 1. The van der Waals surface area contributed by atoms with Gasteiger partial charge in [0, 0.05) is 68.0 Å². The van der Waals surface area contributed by atoms with Gasteiger partial charge in [-0.25, -0.2) is 14.2 Å². The molecule has 1 unspecified atom stereocenters. The molecule has 5 heterocycles. The van der Waals surface area contributed by atoms with Gasteiger partial charge in [0.05, 0.1) is 38.3 Å². The highest BCUT2D eigenvalue weighted by atomic mass is 19.1. The van der Waals surface area contributed by atoms with Gasteiger partial charge in [0.1, 0.15) is 11.6 Å². The second-order valence-electron chi connectivity index (χ2n) is 10.4. The Kier molecular flexibility index (Phi) is 5.88. The van der Waals surface area contributed by atoms with E-state index >= 15 is 0 Å². The first-order chi connectivity index (χ1) is 17.0. The van der Waals surface area contributed by atoms with Crippen molar-refractivity contribution < 1.29 is 18.7 Å². The molecule has 4 aliphatic rings. The number of likely N-dealkylation sites (tertiary alicyclic amines) is 1. The number of carbonyl (C=O) groups is 1. The molecule has 188 valence electrons. The Bertz CT molecular complexity index is 1070. The van der Waals surface area contributed by atoms with Crippen molar-refractivity contribution in [2.75, 3.05) is 64.0 Å². The summed E-state index contributed by atoms with van der Waals surface area (Å²) in [5, 5.41) is 4.48. The Morgan fingerprint density at radius 3 is 2.71 bits per heavy atom. The van der Waals surface area contributed by atoms with Gasteiger partial charge in [0.15, 0.2) is 0 Å². The van der Waals surface area contributed by atoms with Gasteiger partial charge >= 0.3 is 6.09 Å². The first kappa shape index (κ1) is 22.7. The smallest absolute Gasteiger partial charge is 0.409 e. The third kappa shape index (κ3) is 4.27. The molecule has 1 saturated carbocycles. The van der Waals surface area contributed by atoms with Crippen molar-refractivity contribution in [1.29, 1.82) is 0 Å². The highest BCUT2D eigenvalue weighted by Gasteiger charge is 2.51. The van der Waals surface area contributed by atoms with E-state index in [2.05, 4.69) is 19.9 Å². The molecule has 1 spiro atoms. The Morgan fingerprint density at radius 1 is 1.20 bits per heavy atom. The van der Waals surface area contributed by atoms with E-state index < -0.39 is 0 Å². The summed E-state index contributed by atoms with van der Waals surface area (Å²) in [5.74, 6) is 0.484. The number of aromatic nitrogens is 3. The summed E-state index contributed by atoms with van der Waals surface area (Å²) in [6, 6.07) is 2.39. The van der Waals surface area contributed by atoms with E-state index in [4.69, 9.17) is 9.47 Å². The summed E-state index contributed by atoms with van der Waals surface area (Å²) in [5.41, 5.74) is 1.94. The second kappa shape index (κ2) is 9.05. The Morgan fingerprint density at radius 2 is 2.00 bits per heavy atom. The molecular weight excluding hydrogens is 451 g/mol. The lowest BCUT2D eigenvalue weighted by Gasteiger charge is -2.48. The minimum Gasteiger partial charge on any atom is -0.450 e. The van der Waals surface area contributed by atoms with Crippen molar-refractivity contribution >= 4 is 11.9 Å². The summed E-state index contributed by atoms with van der Waals surface area (Å²) in [6.45, 7) is 8.89. The number of halogens is 1. The van der Waals surface area contributed by atoms with E-state index in [-0.39, 0.29) is 23.4 Å². The van der Waals surface area contributed by atoms with Crippen molar-refractivity contribution in [1.82, 2.24) is 24.6 Å². The number of rotatable bonds is 5. The highest BCUT2D eigenvalue weighted by Crippen LogP contribution is 2.47. The van der Waals surface area contributed by atoms with Gasteiger partial charge in [-0.1, -0.05) is 0 Å². The van der Waals surface area contributed by atoms with Crippen molar-refractivity contribution in [2.24, 2.45) is 5.41 Å². The Hall–Kier alpha value is -2.72. The predicted molar refractivity (Wildman–Crippen MR) is 128 cm³/mol. The van der Waals surface area contributed by atoms with Gasteiger partial charge in [0.25, 0.3) is 0 Å². The van der Waals surface area contributed by atoms with Gasteiger partial charge in [-0.2, -0.15) is 5.10 Å². The molecule has 0 aromatic carbocycles. The molecule has 3 saturated heterocycles. The van der Waals surface area contributed by atoms with E-state index in [1.165, 1.54) is 19.0 Å². The van der Waals surface area contributed by atoms with Crippen LogP contribution in [0.2, 0.25) is 0 Å². The molecule has 9 nitrogen and oxygen atoms in total. The minimum atomic E-state index is -0.337. The standard InChI is InChI=1S/C25H33FN6O3/c1-2-35-24(33)31-16-25(17-31)4-3-20(10-25)29-5-7-30(8-6-29)23-22(9-19(26)12-27-23)18-11-28-32(13-18)21-14-34-15-21/h9,11-13,20-21H,2-8,10,14-17H2,1H3. The monoisotopic (exact) mass is 484 g/mol. The first-order valence-electron chi connectivity index (χ1n) is 12.7. The number of ether oxygens (including phenoxy) is 2. The van der Waals surface area contributed by atoms with Gasteiger partial charge in [0.2, 0.25) is 0 Å². The topological polar surface area (TPSA) is 76.0 Å². The zero-order valence-electron chi connectivity index (χ0n) is 20.2. The van der Waals surface area contributed by atoms with Crippen LogP contribution in [0.5, 0.6) is 0 Å². The van der Waals surface area contributed by atoms with E-state index in [0.717, 1.165) is 62.6 Å². The average molecular weight is 485 g/mol. The number of pyridine rings is 1. The van der Waals surface area contributed by atoms with Crippen molar-refractivity contribution in [2.45, 2.75) is 38.3 Å². The first-order valence-corrected chi connectivity index (χ1v) is 12.7. The molecule has 3 aliphatic heterocycles. The van der Waals surface area contributed by atoms with E-state index in [0.29, 0.717) is 25.9 Å². The normalized spacial score (nSPS) is 24.5. The number of carbonyl (C=O) groups excluding carboxylic acids is 1. The Balaban J connectivity index is 1.08. The fraction of sp³-hybridized carbons (Fsp3) is 0.640. The van der Waals surface area contributed by atoms with Crippen LogP contribution >= 0.6 is 0 Å². The summed E-state index contributed by atoms with van der Waals surface area (Å²) in [6.07, 6.45) is 8.40. The summed E-state index contributed by atoms with van der Waals surface area (Å²) in [7, 11) is 0. The SMILES string of the molecule is CCOC(=O)N1CC2(CCC(N3CCN(c4ncc(F)cc4-c4cnn(C5COC5)c4)CC3)C2)C1. The van der Waals surface area contributed by atoms with Crippen LogP contribution in [0.25, 0.3) is 11.1 Å². The minimum absolute atomic E-state index is 0.177. The lowest BCUT2D eigenvalue weighted by molar-refractivity contribution is -0.0286. The number of hydrogen-bond donors (Lipinski definition) is 0. The van der Waals surface area contributed by atoms with Gasteiger partial charge in [-0.05, 0) is 32.3 Å². The van der Waals surface area contributed by atoms with E-state index in [1.54, 1.807) is 12.3 Å². The van der Waals surface area contributed by atoms with Gasteiger partial charge < -0.3 is 19.3 Å². The summed E-state index contributed by atoms with van der Waals surface area (Å²) >= 11 is 0. The van der Waals surface area contributed by atoms with E-state index in [1.807, 2.05) is 22.7 Å². The largest absolute Gasteiger partial charge is 0.450 e. The molecule has 0 bridgehead atoms. The quantitative estimate of drug-likeness (QED) is 0.646. The zero-order chi connectivity index (χ0) is 24.0. The van der Waals surface area contributed by atoms with E-state index in [9.17, 15) is 9.18 Å². The summed E-state index contributed by atoms with van der Waals surface area (Å²) < 4.78 is 26.5. The number of nitrogens with zero attached hydrogens (tertiary/aromatic N) is 6. The van der Waals surface area contributed by atoms with Crippen LogP contribution in [0, 0.1) is 11.2 Å². The molecular formula is C25H33FN6O3. The maximum Gasteiger partial charge on any atom is 0.409 e. The van der Waals surface area contributed by atoms with Crippen LogP contribution < -0.4 is 4.90 Å². The number of piperazine rings is 1. The molecule has 0 radical (unpaired) electrons. The van der Waals surface area contributed by atoms with Gasteiger partial charge in [-0.3, -0.25) is 9.58 Å². The fourth-order valence-corrected chi connectivity index (χ4v) is 6.13. The molecule has 0 N–H and O–H groups in total. The van der Waals surface area contributed by atoms with Crippen molar-refractivity contribution in [3.8, 4) is 11.1 Å². The number of hydrogen-bond acceptors (Lipinski definition) is 7. The molecule has 1 atom stereocenters. The predicted octanol–water partition coefficient (Wildman–Crippen LogP) is 2.79. The summed E-state index contributed by atoms with van der Waals surface area (Å²) in [4.78, 5) is 23.2. The van der Waals surface area contributed by atoms with Crippen LogP contribution in [0.4, 0.5) is 15.0 Å².